The zero-order valence-electron chi connectivity index (χ0n) is 17.2. The molecule has 172 valence electrons. The smallest absolute Gasteiger partial charge is 0.326 e. The van der Waals surface area contributed by atoms with Crippen molar-refractivity contribution >= 4 is 21.9 Å². The third kappa shape index (κ3) is 6.67. The number of carbonyl (C=O) groups is 2. The normalized spacial score (nSPS) is 12.2. The van der Waals surface area contributed by atoms with Gasteiger partial charge in [-0.1, -0.05) is 30.3 Å². The summed E-state index contributed by atoms with van der Waals surface area (Å²) >= 11 is 0. The molecule has 3 N–H and O–H groups in total. The molecule has 0 saturated heterocycles. The van der Waals surface area contributed by atoms with Crippen molar-refractivity contribution in [2.24, 2.45) is 0 Å². The monoisotopic (exact) mass is 474 g/mol. The topological polar surface area (TPSA) is 113 Å². The van der Waals surface area contributed by atoms with Crippen LogP contribution in [-0.2, 0) is 27.8 Å². The molecule has 0 unspecified atom stereocenters. The zero-order chi connectivity index (χ0) is 24.0. The summed E-state index contributed by atoms with van der Waals surface area (Å²) in [5, 5.41) is 11.8. The molecule has 0 aromatic heterocycles. The molecule has 0 spiro atoms. The first-order valence-electron chi connectivity index (χ1n) is 9.76. The number of hydrogen-bond acceptors (Lipinski definition) is 4. The second-order valence-electron chi connectivity index (χ2n) is 7.17. The van der Waals surface area contributed by atoms with Crippen LogP contribution in [-0.4, -0.2) is 31.4 Å². The average Bonchev–Trinajstić information content (AvgIpc) is 2.79. The van der Waals surface area contributed by atoms with Gasteiger partial charge < -0.3 is 10.4 Å². The van der Waals surface area contributed by atoms with E-state index in [4.69, 9.17) is 0 Å². The van der Waals surface area contributed by atoms with Gasteiger partial charge in [-0.25, -0.2) is 26.7 Å². The number of amides is 1. The van der Waals surface area contributed by atoms with Gasteiger partial charge in [-0.3, -0.25) is 4.79 Å². The van der Waals surface area contributed by atoms with Crippen molar-refractivity contribution in [2.45, 2.75) is 23.9 Å². The number of sulfonamides is 1. The molecule has 3 rings (SSSR count). The van der Waals surface area contributed by atoms with E-state index in [1.807, 2.05) is 0 Å². The summed E-state index contributed by atoms with van der Waals surface area (Å²) < 4.78 is 53.2. The van der Waals surface area contributed by atoms with Crippen molar-refractivity contribution in [1.82, 2.24) is 10.0 Å². The number of carboxylic acid groups (broad SMARTS) is 1. The fraction of sp³-hybridized carbons (Fsp3) is 0.130. The Morgan fingerprint density at radius 2 is 1.52 bits per heavy atom. The van der Waals surface area contributed by atoms with E-state index < -0.39 is 39.6 Å². The summed E-state index contributed by atoms with van der Waals surface area (Å²) in [5.74, 6) is -2.99. The lowest BCUT2D eigenvalue weighted by Crippen LogP contribution is -2.42. The molecule has 33 heavy (non-hydrogen) atoms. The van der Waals surface area contributed by atoms with Crippen molar-refractivity contribution in [3.63, 3.8) is 0 Å². The van der Waals surface area contributed by atoms with Crippen LogP contribution in [0.15, 0.2) is 77.7 Å². The highest BCUT2D eigenvalue weighted by Crippen LogP contribution is 2.12. The third-order valence-electron chi connectivity index (χ3n) is 4.75. The fourth-order valence-corrected chi connectivity index (χ4v) is 4.02. The average molecular weight is 474 g/mol. The Balaban J connectivity index is 1.61. The molecular weight excluding hydrogens is 454 g/mol. The lowest BCUT2D eigenvalue weighted by molar-refractivity contribution is -0.139. The Labute approximate surface area is 189 Å². The summed E-state index contributed by atoms with van der Waals surface area (Å²) in [4.78, 5) is 23.8. The van der Waals surface area contributed by atoms with Crippen molar-refractivity contribution < 1.29 is 31.9 Å². The van der Waals surface area contributed by atoms with Gasteiger partial charge in [0.2, 0.25) is 10.0 Å². The van der Waals surface area contributed by atoms with Gasteiger partial charge in [-0.15, -0.1) is 0 Å². The van der Waals surface area contributed by atoms with Gasteiger partial charge in [-0.05, 0) is 53.6 Å². The molecule has 3 aromatic carbocycles. The number of carboxylic acids is 1. The zero-order valence-corrected chi connectivity index (χ0v) is 18.0. The van der Waals surface area contributed by atoms with Gasteiger partial charge in [0.1, 0.15) is 17.7 Å². The molecule has 0 aliphatic heterocycles. The molecule has 0 bridgehead atoms. The van der Waals surface area contributed by atoms with E-state index in [9.17, 15) is 31.9 Å². The summed E-state index contributed by atoms with van der Waals surface area (Å²) in [6.07, 6.45) is -0.0265. The van der Waals surface area contributed by atoms with Crippen LogP contribution in [0.2, 0.25) is 0 Å². The van der Waals surface area contributed by atoms with Gasteiger partial charge in [0.25, 0.3) is 5.91 Å². The SMILES string of the molecule is O=C(N[C@@H](Cc1ccc(F)cc1)C(=O)O)c1ccc(CNS(=O)(=O)c2cccc(F)c2)cc1. The van der Waals surface area contributed by atoms with Crippen molar-refractivity contribution in [3.05, 3.63) is 101 Å². The molecule has 0 heterocycles. The molecule has 1 atom stereocenters. The number of aliphatic carboxylic acids is 1. The maximum Gasteiger partial charge on any atom is 0.326 e. The molecule has 0 aliphatic rings. The van der Waals surface area contributed by atoms with Crippen LogP contribution in [0.1, 0.15) is 21.5 Å². The van der Waals surface area contributed by atoms with E-state index in [0.29, 0.717) is 11.1 Å². The Bertz CT molecular complexity index is 1250. The molecule has 7 nitrogen and oxygen atoms in total. The highest BCUT2D eigenvalue weighted by molar-refractivity contribution is 7.89. The van der Waals surface area contributed by atoms with E-state index in [1.54, 1.807) is 0 Å². The number of nitrogens with one attached hydrogen (secondary N) is 2. The van der Waals surface area contributed by atoms with Crippen molar-refractivity contribution in [3.8, 4) is 0 Å². The molecule has 0 fully saturated rings. The van der Waals surface area contributed by atoms with Gasteiger partial charge in [0, 0.05) is 18.5 Å². The first-order chi connectivity index (χ1) is 15.6. The van der Waals surface area contributed by atoms with Gasteiger partial charge >= 0.3 is 5.97 Å². The van der Waals surface area contributed by atoms with Crippen LogP contribution in [0.4, 0.5) is 8.78 Å². The Morgan fingerprint density at radius 1 is 0.879 bits per heavy atom. The Hall–Kier alpha value is -3.63. The standard InChI is InChI=1S/C23H20F2N2O5S/c24-18-10-6-15(7-11-18)12-21(23(29)30)27-22(28)17-8-4-16(5-9-17)14-26-33(31,32)20-3-1-2-19(25)13-20/h1-11,13,21,26H,12,14H2,(H,27,28)(H,29,30)/t21-/m0/s1. The van der Waals surface area contributed by atoms with Gasteiger partial charge in [0.15, 0.2) is 0 Å². The number of rotatable bonds is 9. The second kappa shape index (κ2) is 10.3. The molecule has 0 saturated carbocycles. The van der Waals surface area contributed by atoms with Gasteiger partial charge in [-0.2, -0.15) is 0 Å². The van der Waals surface area contributed by atoms with Crippen molar-refractivity contribution in [1.29, 1.82) is 0 Å². The number of halogens is 2. The quantitative estimate of drug-likeness (QED) is 0.442. The molecule has 0 aliphatic carbocycles. The summed E-state index contributed by atoms with van der Waals surface area (Å²) in [7, 11) is -3.92. The molecule has 0 radical (unpaired) electrons. The van der Waals surface area contributed by atoms with Crippen molar-refractivity contribution in [2.75, 3.05) is 0 Å². The lowest BCUT2D eigenvalue weighted by atomic mass is 10.0. The predicted molar refractivity (Wildman–Crippen MR) is 116 cm³/mol. The summed E-state index contributed by atoms with van der Waals surface area (Å²) in [5.41, 5.74) is 1.26. The lowest BCUT2D eigenvalue weighted by Gasteiger charge is -2.15. The van der Waals surface area contributed by atoms with E-state index in [2.05, 4.69) is 10.0 Å². The van der Waals surface area contributed by atoms with E-state index >= 15 is 0 Å². The molecular formula is C23H20F2N2O5S. The minimum absolute atomic E-state index is 0.0265. The van der Waals surface area contributed by atoms with E-state index in [-0.39, 0.29) is 23.4 Å². The Kier molecular flexibility index (Phi) is 7.52. The molecule has 10 heteroatoms. The maximum atomic E-state index is 13.3. The van der Waals surface area contributed by atoms with Gasteiger partial charge in [0.05, 0.1) is 4.90 Å². The van der Waals surface area contributed by atoms with E-state index in [0.717, 1.165) is 12.1 Å². The third-order valence-corrected chi connectivity index (χ3v) is 6.14. The molecule has 1 amide bonds. The van der Waals surface area contributed by atoms with Crippen LogP contribution >= 0.6 is 0 Å². The first-order valence-corrected chi connectivity index (χ1v) is 11.2. The Morgan fingerprint density at radius 3 is 2.12 bits per heavy atom. The van der Waals surface area contributed by atoms with Crippen LogP contribution in [0.25, 0.3) is 0 Å². The number of carbonyl (C=O) groups excluding carboxylic acids is 1. The number of hydrogen-bond donors (Lipinski definition) is 3. The van der Waals surface area contributed by atoms with Crippen LogP contribution < -0.4 is 10.0 Å². The van der Waals surface area contributed by atoms with Crippen LogP contribution in [0.3, 0.4) is 0 Å². The minimum Gasteiger partial charge on any atom is -0.480 e. The highest BCUT2D eigenvalue weighted by Gasteiger charge is 2.21. The van der Waals surface area contributed by atoms with Crippen LogP contribution in [0.5, 0.6) is 0 Å². The summed E-state index contributed by atoms with van der Waals surface area (Å²) in [6.45, 7) is -0.0942. The first kappa shape index (κ1) is 24.0. The fourth-order valence-electron chi connectivity index (χ4n) is 2.97. The predicted octanol–water partition coefficient (Wildman–Crippen LogP) is 2.87. The van der Waals surface area contributed by atoms with E-state index in [1.165, 1.54) is 60.7 Å². The highest BCUT2D eigenvalue weighted by atomic mass is 32.2. The minimum atomic E-state index is -3.92. The second-order valence-corrected chi connectivity index (χ2v) is 8.94. The van der Waals surface area contributed by atoms with Crippen LogP contribution in [0, 0.1) is 11.6 Å². The summed E-state index contributed by atoms with van der Waals surface area (Å²) in [6, 6.07) is 14.6. The molecule has 3 aromatic rings. The maximum absolute atomic E-state index is 13.3. The number of benzene rings is 3. The largest absolute Gasteiger partial charge is 0.480 e.